The van der Waals surface area contributed by atoms with Crippen LogP contribution in [0.5, 0.6) is 0 Å². The first-order valence-corrected chi connectivity index (χ1v) is 13.4. The molecule has 1 aromatic carbocycles. The number of hydrogen-bond acceptors (Lipinski definition) is 7. The van der Waals surface area contributed by atoms with E-state index in [1.807, 2.05) is 22.9 Å². The van der Waals surface area contributed by atoms with E-state index in [9.17, 15) is 9.18 Å². The summed E-state index contributed by atoms with van der Waals surface area (Å²) >= 11 is 1.40. The summed E-state index contributed by atoms with van der Waals surface area (Å²) in [5.74, 6) is -0.342. The summed E-state index contributed by atoms with van der Waals surface area (Å²) in [5.41, 5.74) is 1.02. The van der Waals surface area contributed by atoms with Gasteiger partial charge in [-0.25, -0.2) is 14.4 Å². The molecule has 0 bridgehead atoms. The van der Waals surface area contributed by atoms with E-state index in [1.165, 1.54) is 23.5 Å². The van der Waals surface area contributed by atoms with Crippen molar-refractivity contribution in [3.8, 4) is 0 Å². The average molecular weight is 514 g/mol. The molecule has 3 aromatic rings. The second kappa shape index (κ2) is 12.9. The molecular formula is C26H36FN7OS. The van der Waals surface area contributed by atoms with Gasteiger partial charge in [-0.05, 0) is 38.0 Å². The number of rotatable bonds is 12. The molecule has 0 spiro atoms. The Bertz CT molecular complexity index is 1060. The summed E-state index contributed by atoms with van der Waals surface area (Å²) in [5, 5.41) is 3.80. The molecule has 4 rings (SSSR count). The molecule has 3 heterocycles. The fourth-order valence-corrected chi connectivity index (χ4v) is 5.16. The van der Waals surface area contributed by atoms with Crippen molar-refractivity contribution in [1.29, 1.82) is 0 Å². The third-order valence-electron chi connectivity index (χ3n) is 6.54. The SMILES string of the molecule is CC(C)N1CCN(CCN(Cc2ccc(F)cc2)c2ncc(C(=O)NCCCn3ccnc3)s2)CC1. The zero-order valence-electron chi connectivity index (χ0n) is 21.1. The first-order chi connectivity index (χ1) is 17.5. The van der Waals surface area contributed by atoms with Crippen LogP contribution in [0.3, 0.4) is 0 Å². The van der Waals surface area contributed by atoms with Crippen molar-refractivity contribution in [2.24, 2.45) is 0 Å². The van der Waals surface area contributed by atoms with Crippen LogP contribution < -0.4 is 10.2 Å². The molecule has 0 radical (unpaired) electrons. The normalized spacial score (nSPS) is 14.9. The fraction of sp³-hybridized carbons (Fsp3) is 0.500. The Hall–Kier alpha value is -2.82. The van der Waals surface area contributed by atoms with E-state index in [1.54, 1.807) is 18.7 Å². The van der Waals surface area contributed by atoms with E-state index in [4.69, 9.17) is 0 Å². The van der Waals surface area contributed by atoms with Crippen molar-refractivity contribution < 1.29 is 9.18 Å². The number of carbonyl (C=O) groups is 1. The molecule has 2 aromatic heterocycles. The van der Waals surface area contributed by atoms with Gasteiger partial charge in [-0.1, -0.05) is 23.5 Å². The third-order valence-corrected chi connectivity index (χ3v) is 7.59. The van der Waals surface area contributed by atoms with Crippen LogP contribution in [-0.4, -0.2) is 82.1 Å². The largest absolute Gasteiger partial charge is 0.351 e. The Morgan fingerprint density at radius 2 is 1.94 bits per heavy atom. The number of nitrogens with zero attached hydrogens (tertiary/aromatic N) is 6. The minimum Gasteiger partial charge on any atom is -0.351 e. The van der Waals surface area contributed by atoms with Crippen molar-refractivity contribution in [1.82, 2.24) is 29.7 Å². The summed E-state index contributed by atoms with van der Waals surface area (Å²) in [6.07, 6.45) is 7.92. The molecule has 1 saturated heterocycles. The van der Waals surface area contributed by atoms with E-state index >= 15 is 0 Å². The van der Waals surface area contributed by atoms with E-state index in [2.05, 4.69) is 43.8 Å². The molecule has 1 fully saturated rings. The Labute approximate surface area is 216 Å². The number of benzene rings is 1. The number of carbonyl (C=O) groups excluding carboxylic acids is 1. The highest BCUT2D eigenvalue weighted by Crippen LogP contribution is 2.24. The van der Waals surface area contributed by atoms with E-state index in [0.29, 0.717) is 24.0 Å². The predicted molar refractivity (Wildman–Crippen MR) is 142 cm³/mol. The Balaban J connectivity index is 1.34. The van der Waals surface area contributed by atoms with Crippen LogP contribution in [0, 0.1) is 5.82 Å². The summed E-state index contributed by atoms with van der Waals surface area (Å²) < 4.78 is 15.4. The van der Waals surface area contributed by atoms with Crippen LogP contribution in [0.25, 0.3) is 0 Å². The highest BCUT2D eigenvalue weighted by molar-refractivity contribution is 7.17. The Kier molecular flexibility index (Phi) is 9.43. The average Bonchev–Trinajstić information content (AvgIpc) is 3.58. The number of thiazole rings is 1. The Morgan fingerprint density at radius 1 is 1.17 bits per heavy atom. The number of aromatic nitrogens is 3. The van der Waals surface area contributed by atoms with Gasteiger partial charge in [-0.2, -0.15) is 0 Å². The van der Waals surface area contributed by atoms with Gasteiger partial charge in [0.15, 0.2) is 5.13 Å². The topological polar surface area (TPSA) is 69.5 Å². The third kappa shape index (κ3) is 7.59. The second-order valence-electron chi connectivity index (χ2n) is 9.44. The standard InChI is InChI=1S/C26H36FN7OS/c1-21(2)33-15-12-31(13-16-33)14-17-34(19-22-4-6-23(27)7-5-22)26-30-18-24(36-26)25(35)29-8-3-10-32-11-9-28-20-32/h4-7,9,11,18,20-21H,3,8,10,12-17,19H2,1-2H3,(H,29,35). The van der Waals surface area contributed by atoms with Gasteiger partial charge in [0, 0.05) is 77.3 Å². The molecule has 194 valence electrons. The van der Waals surface area contributed by atoms with Gasteiger partial charge >= 0.3 is 0 Å². The maximum atomic E-state index is 13.4. The maximum absolute atomic E-state index is 13.4. The van der Waals surface area contributed by atoms with Gasteiger partial charge in [-0.3, -0.25) is 14.6 Å². The van der Waals surface area contributed by atoms with Gasteiger partial charge < -0.3 is 14.8 Å². The fourth-order valence-electron chi connectivity index (χ4n) is 4.30. The monoisotopic (exact) mass is 513 g/mol. The van der Waals surface area contributed by atoms with E-state index < -0.39 is 0 Å². The molecule has 10 heteroatoms. The first-order valence-electron chi connectivity index (χ1n) is 12.6. The summed E-state index contributed by atoms with van der Waals surface area (Å²) in [7, 11) is 0. The molecule has 36 heavy (non-hydrogen) atoms. The smallest absolute Gasteiger partial charge is 0.263 e. The van der Waals surface area contributed by atoms with Gasteiger partial charge in [0.25, 0.3) is 5.91 Å². The lowest BCUT2D eigenvalue weighted by Gasteiger charge is -2.37. The number of halogens is 1. The number of hydrogen-bond donors (Lipinski definition) is 1. The van der Waals surface area contributed by atoms with Gasteiger partial charge in [0.05, 0.1) is 12.5 Å². The number of nitrogens with one attached hydrogen (secondary N) is 1. The Morgan fingerprint density at radius 3 is 2.64 bits per heavy atom. The number of imidazole rings is 1. The summed E-state index contributed by atoms with van der Waals surface area (Å²) in [4.78, 5) is 29.1. The predicted octanol–water partition coefficient (Wildman–Crippen LogP) is 3.33. The molecule has 0 aliphatic carbocycles. The summed E-state index contributed by atoms with van der Waals surface area (Å²) in [6.45, 7) is 12.5. The minimum absolute atomic E-state index is 0.101. The number of amides is 1. The molecule has 0 unspecified atom stereocenters. The van der Waals surface area contributed by atoms with Crippen LogP contribution >= 0.6 is 11.3 Å². The molecule has 1 amide bonds. The lowest BCUT2D eigenvalue weighted by molar-refractivity contribution is 0.0956. The van der Waals surface area contributed by atoms with Crippen LogP contribution in [0.1, 0.15) is 35.5 Å². The quantitative estimate of drug-likeness (QED) is 0.375. The van der Waals surface area contributed by atoms with Crippen LogP contribution in [0.4, 0.5) is 9.52 Å². The van der Waals surface area contributed by atoms with Crippen molar-refractivity contribution in [3.63, 3.8) is 0 Å². The number of piperazine rings is 1. The lowest BCUT2D eigenvalue weighted by atomic mass is 10.2. The molecule has 1 aliphatic heterocycles. The highest BCUT2D eigenvalue weighted by atomic mass is 32.1. The highest BCUT2D eigenvalue weighted by Gasteiger charge is 2.21. The zero-order valence-corrected chi connectivity index (χ0v) is 22.0. The van der Waals surface area contributed by atoms with Crippen LogP contribution in [0.2, 0.25) is 0 Å². The van der Waals surface area contributed by atoms with Crippen LogP contribution in [-0.2, 0) is 13.1 Å². The maximum Gasteiger partial charge on any atom is 0.263 e. The van der Waals surface area contributed by atoms with Gasteiger partial charge in [0.1, 0.15) is 10.7 Å². The van der Waals surface area contributed by atoms with Crippen molar-refractivity contribution >= 4 is 22.4 Å². The molecule has 0 saturated carbocycles. The molecule has 0 atom stereocenters. The first kappa shape index (κ1) is 26.2. The van der Waals surface area contributed by atoms with Crippen molar-refractivity contribution in [2.45, 2.75) is 39.4 Å². The molecule has 8 nitrogen and oxygen atoms in total. The van der Waals surface area contributed by atoms with Crippen molar-refractivity contribution in [2.75, 3.05) is 50.7 Å². The molecule has 1 N–H and O–H groups in total. The zero-order chi connectivity index (χ0) is 25.3. The van der Waals surface area contributed by atoms with Gasteiger partial charge in [-0.15, -0.1) is 0 Å². The number of aryl methyl sites for hydroxylation is 1. The van der Waals surface area contributed by atoms with Gasteiger partial charge in [0.2, 0.25) is 0 Å². The van der Waals surface area contributed by atoms with E-state index in [-0.39, 0.29) is 11.7 Å². The minimum atomic E-state index is -0.241. The van der Waals surface area contributed by atoms with Crippen molar-refractivity contribution in [3.05, 3.63) is 65.4 Å². The number of anilines is 1. The molecule has 1 aliphatic rings. The van der Waals surface area contributed by atoms with Crippen LogP contribution in [0.15, 0.2) is 49.2 Å². The molecular weight excluding hydrogens is 477 g/mol. The summed E-state index contributed by atoms with van der Waals surface area (Å²) in [6, 6.07) is 7.18. The lowest BCUT2D eigenvalue weighted by Crippen LogP contribution is -2.50. The second-order valence-corrected chi connectivity index (χ2v) is 10.4. The van der Waals surface area contributed by atoms with E-state index in [0.717, 1.165) is 62.9 Å².